The number of carbonyl (C=O) groups excluding carboxylic acids is 1. The molecule has 12 heteroatoms. The molecular formula is C17H22BrF3N2O5S. The van der Waals surface area contributed by atoms with E-state index in [1.54, 1.807) is 20.8 Å². The topological polar surface area (TPSA) is 84.9 Å². The fourth-order valence-electron chi connectivity index (χ4n) is 2.69. The maximum absolute atomic E-state index is 12.7. The molecule has 0 atom stereocenters. The van der Waals surface area contributed by atoms with E-state index >= 15 is 0 Å². The Hall–Kier alpha value is -1.53. The Morgan fingerprint density at radius 2 is 1.79 bits per heavy atom. The number of carbonyl (C=O) groups is 1. The third-order valence-electron chi connectivity index (χ3n) is 3.89. The highest BCUT2D eigenvalue weighted by molar-refractivity contribution is 9.10. The summed E-state index contributed by atoms with van der Waals surface area (Å²) in [4.78, 5) is 12.9. The monoisotopic (exact) mass is 502 g/mol. The zero-order valence-corrected chi connectivity index (χ0v) is 18.4. The van der Waals surface area contributed by atoms with Crippen molar-refractivity contribution in [2.75, 3.05) is 13.1 Å². The van der Waals surface area contributed by atoms with Gasteiger partial charge in [0, 0.05) is 23.6 Å². The minimum Gasteiger partial charge on any atom is -0.444 e. The lowest BCUT2D eigenvalue weighted by atomic mass is 10.1. The summed E-state index contributed by atoms with van der Waals surface area (Å²) in [7, 11) is -4.29. The summed E-state index contributed by atoms with van der Waals surface area (Å²) >= 11 is 3.05. The van der Waals surface area contributed by atoms with E-state index in [4.69, 9.17) is 4.74 Å². The van der Waals surface area contributed by atoms with Crippen molar-refractivity contribution in [1.82, 2.24) is 9.62 Å². The summed E-state index contributed by atoms with van der Waals surface area (Å²) in [6.45, 7) is 5.73. The van der Waals surface area contributed by atoms with Gasteiger partial charge in [0.15, 0.2) is 0 Å². The number of alkyl halides is 3. The molecule has 29 heavy (non-hydrogen) atoms. The molecule has 1 fully saturated rings. The van der Waals surface area contributed by atoms with E-state index in [-0.39, 0.29) is 17.6 Å². The van der Waals surface area contributed by atoms with Gasteiger partial charge < -0.3 is 14.4 Å². The predicted molar refractivity (Wildman–Crippen MR) is 102 cm³/mol. The van der Waals surface area contributed by atoms with E-state index in [2.05, 4.69) is 25.4 Å². The number of hydrogen-bond acceptors (Lipinski definition) is 5. The summed E-state index contributed by atoms with van der Waals surface area (Å²) in [5.74, 6) is -0.820. The second-order valence-corrected chi connectivity index (χ2v) is 10.1. The van der Waals surface area contributed by atoms with E-state index < -0.39 is 44.8 Å². The number of hydrogen-bond donors (Lipinski definition) is 1. The van der Waals surface area contributed by atoms with Crippen LogP contribution in [0.25, 0.3) is 0 Å². The van der Waals surface area contributed by atoms with Gasteiger partial charge in [-0.2, -0.15) is 0 Å². The lowest BCUT2D eigenvalue weighted by Gasteiger charge is -2.33. The molecular weight excluding hydrogens is 481 g/mol. The number of nitrogens with one attached hydrogen (secondary N) is 1. The van der Waals surface area contributed by atoms with Crippen molar-refractivity contribution < 1.29 is 35.9 Å². The molecule has 1 aliphatic rings. The Bertz CT molecular complexity index is 848. The maximum Gasteiger partial charge on any atom is 0.573 e. The zero-order chi connectivity index (χ0) is 22.0. The van der Waals surface area contributed by atoms with Crippen molar-refractivity contribution in [3.63, 3.8) is 0 Å². The number of likely N-dealkylation sites (tertiary alicyclic amines) is 1. The molecule has 0 aromatic heterocycles. The fraction of sp³-hybridized carbons (Fsp3) is 0.588. The number of rotatable bonds is 4. The van der Waals surface area contributed by atoms with Crippen LogP contribution in [0, 0.1) is 0 Å². The van der Waals surface area contributed by atoms with Crippen LogP contribution in [0.3, 0.4) is 0 Å². The number of piperidine rings is 1. The summed E-state index contributed by atoms with van der Waals surface area (Å²) in [5.41, 5.74) is -0.648. The number of sulfonamides is 1. The van der Waals surface area contributed by atoms with E-state index in [1.807, 2.05) is 0 Å². The standard InChI is InChI=1S/C17H22BrF3N2O5S/c1-16(2,3)28-15(24)23-8-6-12(7-9-23)22-29(25,26)14-10-11(18)4-5-13(14)27-17(19,20)21/h4-5,10,12,22H,6-9H2,1-3H3. The first-order valence-electron chi connectivity index (χ1n) is 8.72. The van der Waals surface area contributed by atoms with Crippen LogP contribution in [-0.2, 0) is 14.8 Å². The van der Waals surface area contributed by atoms with Crippen LogP contribution in [0.1, 0.15) is 33.6 Å². The summed E-state index contributed by atoms with van der Waals surface area (Å²) in [6, 6.07) is 2.67. The molecule has 164 valence electrons. The van der Waals surface area contributed by atoms with Crippen LogP contribution >= 0.6 is 15.9 Å². The van der Waals surface area contributed by atoms with Crippen LogP contribution in [0.2, 0.25) is 0 Å². The maximum atomic E-state index is 12.7. The van der Waals surface area contributed by atoms with Gasteiger partial charge in [0.2, 0.25) is 10.0 Å². The number of benzene rings is 1. The first kappa shape index (κ1) is 23.7. The zero-order valence-electron chi connectivity index (χ0n) is 16.0. The van der Waals surface area contributed by atoms with Crippen molar-refractivity contribution in [1.29, 1.82) is 0 Å². The molecule has 1 amide bonds. The number of ether oxygens (including phenoxy) is 2. The molecule has 1 N–H and O–H groups in total. The van der Waals surface area contributed by atoms with Gasteiger partial charge in [-0.1, -0.05) is 15.9 Å². The van der Waals surface area contributed by atoms with E-state index in [1.165, 1.54) is 11.0 Å². The predicted octanol–water partition coefficient (Wildman–Crippen LogP) is 4.03. The van der Waals surface area contributed by atoms with Crippen LogP contribution in [-0.4, -0.2) is 50.5 Å². The normalized spacial score (nSPS) is 16.6. The lowest BCUT2D eigenvalue weighted by molar-refractivity contribution is -0.275. The molecule has 1 saturated heterocycles. The molecule has 1 aromatic carbocycles. The average molecular weight is 503 g/mol. The third-order valence-corrected chi connectivity index (χ3v) is 5.92. The molecule has 0 spiro atoms. The van der Waals surface area contributed by atoms with Gasteiger partial charge in [0.1, 0.15) is 16.2 Å². The Morgan fingerprint density at radius 3 is 2.31 bits per heavy atom. The Kier molecular flexibility index (Phi) is 7.11. The third kappa shape index (κ3) is 7.34. The fourth-order valence-corrected chi connectivity index (χ4v) is 4.66. The van der Waals surface area contributed by atoms with Crippen molar-refractivity contribution in [2.45, 2.75) is 56.5 Å². The molecule has 1 heterocycles. The molecule has 7 nitrogen and oxygen atoms in total. The highest BCUT2D eigenvalue weighted by atomic mass is 79.9. The molecule has 0 unspecified atom stereocenters. The Labute approximate surface area is 175 Å². The molecule has 0 saturated carbocycles. The largest absolute Gasteiger partial charge is 0.573 e. The Balaban J connectivity index is 2.08. The molecule has 0 bridgehead atoms. The van der Waals surface area contributed by atoms with Gasteiger partial charge >= 0.3 is 12.5 Å². The van der Waals surface area contributed by atoms with E-state index in [0.29, 0.717) is 12.8 Å². The minimum absolute atomic E-state index is 0.256. The van der Waals surface area contributed by atoms with Crippen LogP contribution < -0.4 is 9.46 Å². The SMILES string of the molecule is CC(C)(C)OC(=O)N1CCC(NS(=O)(=O)c2cc(Br)ccc2OC(F)(F)F)CC1. The molecule has 0 radical (unpaired) electrons. The van der Waals surface area contributed by atoms with Crippen LogP contribution in [0.4, 0.5) is 18.0 Å². The number of amides is 1. The second-order valence-electron chi connectivity index (χ2n) is 7.50. The average Bonchev–Trinajstić information content (AvgIpc) is 2.54. The van der Waals surface area contributed by atoms with Gasteiger partial charge in [-0.15, -0.1) is 13.2 Å². The van der Waals surface area contributed by atoms with Gasteiger partial charge in [0.05, 0.1) is 0 Å². The Morgan fingerprint density at radius 1 is 1.21 bits per heavy atom. The second kappa shape index (κ2) is 8.68. The first-order valence-corrected chi connectivity index (χ1v) is 11.0. The lowest BCUT2D eigenvalue weighted by Crippen LogP contribution is -2.47. The van der Waals surface area contributed by atoms with Gasteiger partial charge in [-0.3, -0.25) is 0 Å². The van der Waals surface area contributed by atoms with Crippen LogP contribution in [0.15, 0.2) is 27.6 Å². The number of nitrogens with zero attached hydrogens (tertiary/aromatic N) is 1. The van der Waals surface area contributed by atoms with Crippen molar-refractivity contribution in [3.8, 4) is 5.75 Å². The summed E-state index contributed by atoms with van der Waals surface area (Å²) in [5, 5.41) is 0. The number of halogens is 4. The van der Waals surface area contributed by atoms with Gasteiger partial charge in [0.25, 0.3) is 0 Å². The van der Waals surface area contributed by atoms with Gasteiger partial charge in [-0.05, 0) is 51.8 Å². The smallest absolute Gasteiger partial charge is 0.444 e. The summed E-state index contributed by atoms with van der Waals surface area (Å²) < 4.78 is 75.0. The summed E-state index contributed by atoms with van der Waals surface area (Å²) in [6.07, 6.45) is -4.94. The van der Waals surface area contributed by atoms with Gasteiger partial charge in [-0.25, -0.2) is 17.9 Å². The first-order chi connectivity index (χ1) is 13.2. The van der Waals surface area contributed by atoms with Crippen molar-refractivity contribution in [3.05, 3.63) is 22.7 Å². The molecule has 2 rings (SSSR count). The minimum atomic E-state index is -5.03. The highest BCUT2D eigenvalue weighted by Gasteiger charge is 2.35. The van der Waals surface area contributed by atoms with E-state index in [0.717, 1.165) is 12.1 Å². The molecule has 1 aliphatic heterocycles. The van der Waals surface area contributed by atoms with Crippen molar-refractivity contribution in [2.24, 2.45) is 0 Å². The highest BCUT2D eigenvalue weighted by Crippen LogP contribution is 2.32. The molecule has 1 aromatic rings. The molecule has 0 aliphatic carbocycles. The van der Waals surface area contributed by atoms with E-state index in [9.17, 15) is 26.4 Å². The quantitative estimate of drug-likeness (QED) is 0.671. The van der Waals surface area contributed by atoms with Crippen molar-refractivity contribution >= 4 is 32.0 Å². The van der Waals surface area contributed by atoms with Crippen LogP contribution in [0.5, 0.6) is 5.75 Å².